The summed E-state index contributed by atoms with van der Waals surface area (Å²) in [5.41, 5.74) is 6.35. The van der Waals surface area contributed by atoms with Gasteiger partial charge in [-0.2, -0.15) is 17.0 Å². The Hall–Kier alpha value is -1.11. The van der Waals surface area contributed by atoms with Crippen molar-refractivity contribution in [3.05, 3.63) is 23.9 Å². The van der Waals surface area contributed by atoms with E-state index in [0.29, 0.717) is 50.8 Å². The first-order chi connectivity index (χ1) is 15.3. The molecule has 32 heavy (non-hydrogen) atoms. The van der Waals surface area contributed by atoms with Gasteiger partial charge >= 0.3 is 0 Å². The molecule has 0 radical (unpaired) electrons. The van der Waals surface area contributed by atoms with Gasteiger partial charge in [-0.1, -0.05) is 32.1 Å². The van der Waals surface area contributed by atoms with Gasteiger partial charge in [0.25, 0.3) is 10.2 Å². The van der Waals surface area contributed by atoms with Crippen LogP contribution < -0.4 is 5.73 Å². The summed E-state index contributed by atoms with van der Waals surface area (Å²) in [7, 11) is -7.54. The molecular weight excluding hydrogens is 452 g/mol. The quantitative estimate of drug-likeness (QED) is 0.613. The summed E-state index contributed by atoms with van der Waals surface area (Å²) in [6, 6.07) is 2.58. The molecule has 2 saturated heterocycles. The van der Waals surface area contributed by atoms with Gasteiger partial charge < -0.3 is 10.5 Å². The summed E-state index contributed by atoms with van der Waals surface area (Å²) in [5.74, 6) is 0.382. The lowest BCUT2D eigenvalue weighted by Crippen LogP contribution is -2.51. The highest BCUT2D eigenvalue weighted by molar-refractivity contribution is 7.91. The molecule has 3 heterocycles. The van der Waals surface area contributed by atoms with E-state index in [-0.39, 0.29) is 23.2 Å². The Balaban J connectivity index is 1.60. The van der Waals surface area contributed by atoms with Crippen molar-refractivity contribution < 1.29 is 21.6 Å². The summed E-state index contributed by atoms with van der Waals surface area (Å²) in [6.07, 6.45) is 7.75. The highest BCUT2D eigenvalue weighted by Gasteiger charge is 2.46. The van der Waals surface area contributed by atoms with Crippen molar-refractivity contribution >= 4 is 20.0 Å². The van der Waals surface area contributed by atoms with E-state index in [2.05, 4.69) is 4.98 Å². The number of ether oxygens (including phenoxy) is 1. The maximum atomic E-state index is 13.5. The van der Waals surface area contributed by atoms with Crippen molar-refractivity contribution in [2.24, 2.45) is 17.6 Å². The third-order valence-electron chi connectivity index (χ3n) is 7.07. The van der Waals surface area contributed by atoms with Crippen molar-refractivity contribution in [2.45, 2.75) is 56.1 Å². The second-order valence-electron chi connectivity index (χ2n) is 9.12. The fourth-order valence-electron chi connectivity index (χ4n) is 5.31. The molecule has 2 atom stereocenters. The number of nitrogens with two attached hydrogens (primary N) is 1. The standard InChI is InChI=1S/C21H34N4O5S2/c22-14-17-6-7-23-21(12-17)31(26,27)16-20-13-19(18-4-2-1-3-5-18)15-25(20)32(28,29)24-8-10-30-11-9-24/h6-7,12,18-20H,1-5,8-11,13-16,22H2/t19-,20-/m1/s1. The van der Waals surface area contributed by atoms with E-state index in [9.17, 15) is 16.8 Å². The van der Waals surface area contributed by atoms with Crippen molar-refractivity contribution in [2.75, 3.05) is 38.6 Å². The minimum Gasteiger partial charge on any atom is -0.379 e. The van der Waals surface area contributed by atoms with Gasteiger partial charge in [0.1, 0.15) is 0 Å². The van der Waals surface area contributed by atoms with Gasteiger partial charge in [-0.05, 0) is 36.0 Å². The second-order valence-corrected chi connectivity index (χ2v) is 13.0. The van der Waals surface area contributed by atoms with Crippen LogP contribution in [0.3, 0.4) is 0 Å². The van der Waals surface area contributed by atoms with Crippen LogP contribution in [-0.4, -0.2) is 75.1 Å². The van der Waals surface area contributed by atoms with Gasteiger partial charge in [-0.3, -0.25) is 0 Å². The normalized spacial score (nSPS) is 27.0. The molecule has 3 aliphatic rings. The highest BCUT2D eigenvalue weighted by atomic mass is 32.2. The number of morpholine rings is 1. The average Bonchev–Trinajstić information content (AvgIpc) is 3.24. The largest absolute Gasteiger partial charge is 0.379 e. The lowest BCUT2D eigenvalue weighted by Gasteiger charge is -2.33. The van der Waals surface area contributed by atoms with E-state index in [1.807, 2.05) is 0 Å². The van der Waals surface area contributed by atoms with E-state index >= 15 is 0 Å². The van der Waals surface area contributed by atoms with Crippen molar-refractivity contribution in [1.29, 1.82) is 0 Å². The number of hydrogen-bond acceptors (Lipinski definition) is 7. The summed E-state index contributed by atoms with van der Waals surface area (Å²) in [5, 5.41) is -0.0368. The minimum absolute atomic E-state index is 0.0368. The smallest absolute Gasteiger partial charge is 0.282 e. The zero-order valence-electron chi connectivity index (χ0n) is 18.4. The van der Waals surface area contributed by atoms with Gasteiger partial charge in [0.05, 0.1) is 19.0 Å². The van der Waals surface area contributed by atoms with Crippen LogP contribution in [0.15, 0.2) is 23.4 Å². The Morgan fingerprint density at radius 2 is 1.78 bits per heavy atom. The van der Waals surface area contributed by atoms with E-state index in [4.69, 9.17) is 10.5 Å². The summed E-state index contributed by atoms with van der Waals surface area (Å²) < 4.78 is 61.7. The second kappa shape index (κ2) is 10.0. The van der Waals surface area contributed by atoms with Gasteiger partial charge in [0, 0.05) is 38.4 Å². The average molecular weight is 487 g/mol. The Morgan fingerprint density at radius 3 is 2.47 bits per heavy atom. The van der Waals surface area contributed by atoms with E-state index in [0.717, 1.165) is 25.7 Å². The SMILES string of the molecule is NCc1ccnc(S(=O)(=O)C[C@H]2C[C@@H](C3CCCCC3)CN2S(=O)(=O)N2CCOCC2)c1. The minimum atomic E-state index is -3.77. The molecule has 0 spiro atoms. The van der Waals surface area contributed by atoms with E-state index < -0.39 is 26.1 Å². The van der Waals surface area contributed by atoms with Crippen LogP contribution in [0.2, 0.25) is 0 Å². The van der Waals surface area contributed by atoms with Crippen LogP contribution in [0, 0.1) is 11.8 Å². The Bertz CT molecular complexity index is 989. The van der Waals surface area contributed by atoms with E-state index in [1.54, 1.807) is 6.07 Å². The number of aromatic nitrogens is 1. The van der Waals surface area contributed by atoms with Crippen molar-refractivity contribution in [3.8, 4) is 0 Å². The third kappa shape index (κ3) is 5.18. The van der Waals surface area contributed by atoms with Gasteiger partial charge in [-0.15, -0.1) is 0 Å². The summed E-state index contributed by atoms with van der Waals surface area (Å²) in [6.45, 7) is 1.92. The fourth-order valence-corrected chi connectivity index (χ4v) is 8.78. The van der Waals surface area contributed by atoms with Crippen molar-refractivity contribution in [1.82, 2.24) is 13.6 Å². The summed E-state index contributed by atoms with van der Waals surface area (Å²) in [4.78, 5) is 4.05. The molecule has 1 aliphatic carbocycles. The van der Waals surface area contributed by atoms with Crippen LogP contribution in [0.5, 0.6) is 0 Å². The molecule has 0 bridgehead atoms. The lowest BCUT2D eigenvalue weighted by molar-refractivity contribution is 0.0699. The predicted octanol–water partition coefficient (Wildman–Crippen LogP) is 1.16. The molecule has 0 unspecified atom stereocenters. The molecule has 1 saturated carbocycles. The third-order valence-corrected chi connectivity index (χ3v) is 10.8. The molecule has 1 aromatic rings. The molecule has 4 rings (SSSR count). The topological polar surface area (TPSA) is 123 Å². The van der Waals surface area contributed by atoms with Crippen molar-refractivity contribution in [3.63, 3.8) is 0 Å². The Morgan fingerprint density at radius 1 is 1.06 bits per heavy atom. The molecule has 0 amide bonds. The number of nitrogens with zero attached hydrogens (tertiary/aromatic N) is 3. The predicted molar refractivity (Wildman–Crippen MR) is 121 cm³/mol. The zero-order chi connectivity index (χ0) is 22.8. The lowest BCUT2D eigenvalue weighted by atomic mass is 9.79. The van der Waals surface area contributed by atoms with Gasteiger partial charge in [0.2, 0.25) is 0 Å². The molecular formula is C21H34N4O5S2. The Labute approximate surface area is 191 Å². The van der Waals surface area contributed by atoms with E-state index in [1.165, 1.54) is 27.3 Å². The monoisotopic (exact) mass is 486 g/mol. The zero-order valence-corrected chi connectivity index (χ0v) is 20.1. The van der Waals surface area contributed by atoms with Crippen LogP contribution in [0.1, 0.15) is 44.1 Å². The molecule has 3 fully saturated rings. The first-order valence-electron chi connectivity index (χ1n) is 11.5. The summed E-state index contributed by atoms with van der Waals surface area (Å²) >= 11 is 0. The van der Waals surface area contributed by atoms with Gasteiger partial charge in [-0.25, -0.2) is 13.4 Å². The van der Waals surface area contributed by atoms with Gasteiger partial charge in [0.15, 0.2) is 14.9 Å². The number of hydrogen-bond donors (Lipinski definition) is 1. The maximum absolute atomic E-state index is 13.5. The molecule has 2 aliphatic heterocycles. The van der Waals surface area contributed by atoms with Crippen LogP contribution in [0.25, 0.3) is 0 Å². The highest BCUT2D eigenvalue weighted by Crippen LogP contribution is 2.39. The molecule has 180 valence electrons. The number of sulfone groups is 1. The number of pyridine rings is 1. The fraction of sp³-hybridized carbons (Fsp3) is 0.762. The first kappa shape index (κ1) is 24.0. The molecule has 0 aromatic carbocycles. The molecule has 11 heteroatoms. The molecule has 2 N–H and O–H groups in total. The van der Waals surface area contributed by atoms with Crippen LogP contribution in [-0.2, 0) is 31.3 Å². The first-order valence-corrected chi connectivity index (χ1v) is 14.6. The maximum Gasteiger partial charge on any atom is 0.282 e. The Kier molecular flexibility index (Phi) is 7.53. The van der Waals surface area contributed by atoms with Crippen LogP contribution in [0.4, 0.5) is 0 Å². The molecule has 1 aromatic heterocycles. The molecule has 9 nitrogen and oxygen atoms in total. The number of rotatable bonds is 7. The van der Waals surface area contributed by atoms with Crippen LogP contribution >= 0.6 is 0 Å².